The van der Waals surface area contributed by atoms with Crippen LogP contribution in [-0.4, -0.2) is 10.4 Å². The first-order valence-electron chi connectivity index (χ1n) is 6.87. The largest absolute Gasteiger partial charge is 0.308 e. The predicted molar refractivity (Wildman–Crippen MR) is 75.2 cm³/mol. The molecule has 0 N–H and O–H groups in total. The van der Waals surface area contributed by atoms with Crippen molar-refractivity contribution < 1.29 is 4.79 Å². The number of aromatic nitrogens is 1. The summed E-state index contributed by atoms with van der Waals surface area (Å²) in [5, 5.41) is 1.07. The Labute approximate surface area is 111 Å². The lowest BCUT2D eigenvalue weighted by atomic mass is 10.0. The molecule has 0 bridgehead atoms. The Bertz CT molecular complexity index is 672. The molecule has 1 fully saturated rings. The molecule has 1 aromatic carbocycles. The van der Waals surface area contributed by atoms with Gasteiger partial charge in [-0.05, 0) is 36.8 Å². The maximum absolute atomic E-state index is 12.0. The Hall–Kier alpha value is -1.90. The maximum atomic E-state index is 12.0. The molecule has 0 radical (unpaired) electrons. The van der Waals surface area contributed by atoms with Crippen LogP contribution in [0.1, 0.15) is 25.7 Å². The zero-order valence-corrected chi connectivity index (χ0v) is 10.8. The molecule has 1 aliphatic rings. The second-order valence-corrected chi connectivity index (χ2v) is 5.23. The van der Waals surface area contributed by atoms with Crippen molar-refractivity contribution in [2.24, 2.45) is 5.92 Å². The molecule has 1 unspecified atom stereocenters. The Balaban J connectivity index is 1.89. The number of rotatable bonds is 3. The van der Waals surface area contributed by atoms with Crippen LogP contribution in [0.4, 0.5) is 0 Å². The highest BCUT2D eigenvalue weighted by Crippen LogP contribution is 2.25. The molecule has 0 aliphatic heterocycles. The van der Waals surface area contributed by atoms with Crippen molar-refractivity contribution in [3.63, 3.8) is 0 Å². The van der Waals surface area contributed by atoms with Gasteiger partial charge in [0.15, 0.2) is 0 Å². The van der Waals surface area contributed by atoms with Gasteiger partial charge in [-0.15, -0.1) is 0 Å². The van der Waals surface area contributed by atoms with Gasteiger partial charge in [0.05, 0.1) is 5.52 Å². The van der Waals surface area contributed by atoms with Gasteiger partial charge in [-0.25, -0.2) is 0 Å². The van der Waals surface area contributed by atoms with Crippen LogP contribution in [0, 0.1) is 5.92 Å². The van der Waals surface area contributed by atoms with Gasteiger partial charge in [0.2, 0.25) is 0 Å². The summed E-state index contributed by atoms with van der Waals surface area (Å²) in [5.74, 6) is 0.527. The van der Waals surface area contributed by atoms with Crippen molar-refractivity contribution in [2.75, 3.05) is 0 Å². The summed E-state index contributed by atoms with van der Waals surface area (Å²) in [6.07, 6.45) is 3.49. The summed E-state index contributed by atoms with van der Waals surface area (Å²) < 4.78 is 1.79. The second-order valence-electron chi connectivity index (χ2n) is 5.23. The van der Waals surface area contributed by atoms with Gasteiger partial charge in [-0.1, -0.05) is 18.2 Å². The van der Waals surface area contributed by atoms with Crippen LogP contribution >= 0.6 is 0 Å². The summed E-state index contributed by atoms with van der Waals surface area (Å²) in [4.78, 5) is 23.7. The molecule has 1 aromatic heterocycles. The lowest BCUT2D eigenvalue weighted by Gasteiger charge is -2.12. The Morgan fingerprint density at radius 1 is 1.11 bits per heavy atom. The number of ketones is 1. The molecule has 1 atom stereocenters. The summed E-state index contributed by atoms with van der Waals surface area (Å²) >= 11 is 0. The second kappa shape index (κ2) is 5.00. The van der Waals surface area contributed by atoms with Crippen molar-refractivity contribution in [2.45, 2.75) is 32.2 Å². The van der Waals surface area contributed by atoms with E-state index in [-0.39, 0.29) is 11.5 Å². The maximum Gasteiger partial charge on any atom is 0.251 e. The van der Waals surface area contributed by atoms with Gasteiger partial charge >= 0.3 is 0 Å². The van der Waals surface area contributed by atoms with E-state index in [4.69, 9.17) is 0 Å². The molecule has 2 aromatic rings. The highest BCUT2D eigenvalue weighted by atomic mass is 16.1. The number of fused-ring (bicyclic) bond motifs is 1. The Kier molecular flexibility index (Phi) is 3.20. The van der Waals surface area contributed by atoms with Crippen LogP contribution < -0.4 is 5.56 Å². The number of para-hydroxylation sites is 1. The molecule has 1 heterocycles. The van der Waals surface area contributed by atoms with Crippen LogP contribution in [0.5, 0.6) is 0 Å². The quantitative estimate of drug-likeness (QED) is 0.846. The van der Waals surface area contributed by atoms with Gasteiger partial charge in [0, 0.05) is 24.9 Å². The molecule has 3 rings (SSSR count). The molecule has 1 saturated carbocycles. The number of Topliss-reactive ketones (excluding diaryl/α,β-unsaturated/α-hetero) is 1. The number of benzene rings is 1. The molecule has 3 heteroatoms. The van der Waals surface area contributed by atoms with Crippen molar-refractivity contribution in [1.29, 1.82) is 0 Å². The Morgan fingerprint density at radius 3 is 2.74 bits per heavy atom. The van der Waals surface area contributed by atoms with Crippen LogP contribution in [0.25, 0.3) is 10.9 Å². The van der Waals surface area contributed by atoms with Crippen LogP contribution in [0.2, 0.25) is 0 Å². The number of aryl methyl sites for hydroxylation is 1. The molecule has 3 nitrogen and oxygen atoms in total. The molecule has 19 heavy (non-hydrogen) atoms. The van der Waals surface area contributed by atoms with Gasteiger partial charge in [-0.2, -0.15) is 0 Å². The van der Waals surface area contributed by atoms with Gasteiger partial charge < -0.3 is 4.57 Å². The van der Waals surface area contributed by atoms with E-state index in [0.717, 1.165) is 36.6 Å². The average Bonchev–Trinajstić information content (AvgIpc) is 2.83. The van der Waals surface area contributed by atoms with Gasteiger partial charge in [0.1, 0.15) is 5.78 Å². The van der Waals surface area contributed by atoms with Crippen LogP contribution in [0.15, 0.2) is 41.2 Å². The molecule has 0 amide bonds. The third kappa shape index (κ3) is 2.33. The number of carbonyl (C=O) groups excluding carboxylic acids is 1. The minimum Gasteiger partial charge on any atom is -0.308 e. The molecular weight excluding hydrogens is 238 g/mol. The van der Waals surface area contributed by atoms with Crippen molar-refractivity contribution >= 4 is 16.7 Å². The highest BCUT2D eigenvalue weighted by molar-refractivity contribution is 5.83. The number of hydrogen-bond acceptors (Lipinski definition) is 2. The number of nitrogens with zero attached hydrogens (tertiary/aromatic N) is 1. The molecule has 98 valence electrons. The first-order chi connectivity index (χ1) is 9.25. The van der Waals surface area contributed by atoms with E-state index >= 15 is 0 Å². The minimum absolute atomic E-state index is 0.0177. The summed E-state index contributed by atoms with van der Waals surface area (Å²) in [7, 11) is 0. The van der Waals surface area contributed by atoms with Crippen molar-refractivity contribution in [3.05, 3.63) is 46.8 Å². The van der Waals surface area contributed by atoms with E-state index < -0.39 is 0 Å². The number of pyridine rings is 1. The molecule has 0 spiro atoms. The first kappa shape index (κ1) is 12.2. The van der Waals surface area contributed by atoms with Gasteiger partial charge in [0.25, 0.3) is 5.56 Å². The average molecular weight is 255 g/mol. The monoisotopic (exact) mass is 255 g/mol. The number of hydrogen-bond donors (Lipinski definition) is 0. The fourth-order valence-corrected chi connectivity index (χ4v) is 2.95. The third-order valence-corrected chi connectivity index (χ3v) is 4.03. The lowest BCUT2D eigenvalue weighted by molar-refractivity contribution is -0.120. The molecular formula is C16H17NO2. The van der Waals surface area contributed by atoms with E-state index in [1.165, 1.54) is 0 Å². The fraction of sp³-hybridized carbons (Fsp3) is 0.375. The normalized spacial score (nSPS) is 19.2. The smallest absolute Gasteiger partial charge is 0.251 e. The van der Waals surface area contributed by atoms with Crippen molar-refractivity contribution in [1.82, 2.24) is 4.57 Å². The highest BCUT2D eigenvalue weighted by Gasteiger charge is 2.24. The van der Waals surface area contributed by atoms with E-state index in [1.807, 2.05) is 30.3 Å². The molecule has 1 aliphatic carbocycles. The first-order valence-corrected chi connectivity index (χ1v) is 6.87. The SMILES string of the molecule is O=C1CCCC1CCn1c(=O)ccc2ccccc21. The number of carbonyl (C=O) groups is 1. The summed E-state index contributed by atoms with van der Waals surface area (Å²) in [6.45, 7) is 0.636. The topological polar surface area (TPSA) is 39.1 Å². The van der Waals surface area contributed by atoms with E-state index in [1.54, 1.807) is 10.6 Å². The van der Waals surface area contributed by atoms with E-state index in [0.29, 0.717) is 12.3 Å². The Morgan fingerprint density at radius 2 is 1.95 bits per heavy atom. The lowest BCUT2D eigenvalue weighted by Crippen LogP contribution is -2.21. The summed E-state index contributed by atoms with van der Waals surface area (Å²) in [5.41, 5.74) is 0.976. The predicted octanol–water partition coefficient (Wildman–Crippen LogP) is 2.76. The van der Waals surface area contributed by atoms with Crippen molar-refractivity contribution in [3.8, 4) is 0 Å². The fourth-order valence-electron chi connectivity index (χ4n) is 2.95. The van der Waals surface area contributed by atoms with Gasteiger partial charge in [-0.3, -0.25) is 9.59 Å². The van der Waals surface area contributed by atoms with Crippen LogP contribution in [0.3, 0.4) is 0 Å². The third-order valence-electron chi connectivity index (χ3n) is 4.03. The summed E-state index contributed by atoms with van der Waals surface area (Å²) in [6, 6.07) is 11.4. The van der Waals surface area contributed by atoms with E-state index in [9.17, 15) is 9.59 Å². The van der Waals surface area contributed by atoms with E-state index in [2.05, 4.69) is 0 Å². The molecule has 0 saturated heterocycles. The minimum atomic E-state index is 0.0177. The van der Waals surface area contributed by atoms with Crippen LogP contribution in [-0.2, 0) is 11.3 Å². The standard InChI is InChI=1S/C16H17NO2/c18-15-7-3-5-13(15)10-11-17-14-6-2-1-4-12(14)8-9-16(17)19/h1-2,4,6,8-9,13H,3,5,7,10-11H2. The zero-order valence-electron chi connectivity index (χ0n) is 10.8. The zero-order chi connectivity index (χ0) is 13.2.